The minimum Gasteiger partial charge on any atom is -0.385 e. The van der Waals surface area contributed by atoms with Crippen molar-refractivity contribution in [3.8, 4) is 0 Å². The second-order valence-electron chi connectivity index (χ2n) is 2.48. The summed E-state index contributed by atoms with van der Waals surface area (Å²) in [5, 5.41) is 0. The van der Waals surface area contributed by atoms with E-state index in [1.165, 1.54) is 0 Å². The molecule has 1 radical (unpaired) electrons. The van der Waals surface area contributed by atoms with Gasteiger partial charge in [-0.1, -0.05) is 0 Å². The predicted octanol–water partition coefficient (Wildman–Crippen LogP) is 0.168. The molecule has 0 aromatic rings. The molecule has 4 heteroatoms. The Morgan fingerprint density at radius 2 is 1.75 bits per heavy atom. The topological polar surface area (TPSA) is 44.6 Å². The molecular weight excluding hydrogens is 156 g/mol. The Labute approximate surface area is 74.6 Å². The lowest BCUT2D eigenvalue weighted by atomic mass is 10.4. The SMILES string of the molecule is COCCC[N]NCCCOC. The van der Waals surface area contributed by atoms with Crippen molar-refractivity contribution in [2.75, 3.05) is 40.5 Å². The number of hydrogen-bond acceptors (Lipinski definition) is 3. The summed E-state index contributed by atoms with van der Waals surface area (Å²) in [4.78, 5) is 0. The first-order chi connectivity index (χ1) is 5.91. The van der Waals surface area contributed by atoms with Crippen LogP contribution in [0, 0.1) is 0 Å². The molecule has 0 saturated heterocycles. The third-order valence-corrected chi connectivity index (χ3v) is 1.37. The summed E-state index contributed by atoms with van der Waals surface area (Å²) >= 11 is 0. The van der Waals surface area contributed by atoms with Crippen LogP contribution in [-0.4, -0.2) is 40.5 Å². The molecule has 0 fully saturated rings. The summed E-state index contributed by atoms with van der Waals surface area (Å²) in [6.45, 7) is 3.28. The summed E-state index contributed by atoms with van der Waals surface area (Å²) < 4.78 is 9.76. The van der Waals surface area contributed by atoms with Crippen LogP contribution in [0.2, 0.25) is 0 Å². The molecule has 0 aliphatic rings. The summed E-state index contributed by atoms with van der Waals surface area (Å²) in [6.07, 6.45) is 1.98. The van der Waals surface area contributed by atoms with Gasteiger partial charge in [-0.2, -0.15) is 5.43 Å². The fourth-order valence-electron chi connectivity index (χ4n) is 0.742. The summed E-state index contributed by atoms with van der Waals surface area (Å²) in [7, 11) is 3.40. The van der Waals surface area contributed by atoms with Crippen molar-refractivity contribution in [1.82, 2.24) is 10.9 Å². The summed E-state index contributed by atoms with van der Waals surface area (Å²) in [6, 6.07) is 0. The molecule has 0 rings (SSSR count). The van der Waals surface area contributed by atoms with E-state index in [1.807, 2.05) is 0 Å². The first kappa shape index (κ1) is 11.8. The maximum Gasteiger partial charge on any atom is 0.0475 e. The molecule has 1 N–H and O–H groups in total. The highest BCUT2D eigenvalue weighted by molar-refractivity contribution is 4.42. The summed E-state index contributed by atoms with van der Waals surface area (Å²) in [5.74, 6) is 0. The molecule has 4 nitrogen and oxygen atoms in total. The van der Waals surface area contributed by atoms with Crippen molar-refractivity contribution in [3.05, 3.63) is 0 Å². The molecule has 73 valence electrons. The molecule has 0 bridgehead atoms. The van der Waals surface area contributed by atoms with E-state index in [1.54, 1.807) is 14.2 Å². The zero-order valence-electron chi connectivity index (χ0n) is 8.01. The van der Waals surface area contributed by atoms with Crippen LogP contribution in [0.15, 0.2) is 0 Å². The number of rotatable bonds is 9. The van der Waals surface area contributed by atoms with Crippen LogP contribution in [-0.2, 0) is 9.47 Å². The third-order valence-electron chi connectivity index (χ3n) is 1.37. The van der Waals surface area contributed by atoms with Gasteiger partial charge >= 0.3 is 0 Å². The number of methoxy groups -OCH3 is 2. The number of hydrogen-bond donors (Lipinski definition) is 1. The second-order valence-corrected chi connectivity index (χ2v) is 2.48. The van der Waals surface area contributed by atoms with Crippen molar-refractivity contribution in [2.45, 2.75) is 12.8 Å². The van der Waals surface area contributed by atoms with Gasteiger partial charge < -0.3 is 9.47 Å². The lowest BCUT2D eigenvalue weighted by Crippen LogP contribution is -2.27. The molecule has 0 saturated carbocycles. The Kier molecular flexibility index (Phi) is 10.7. The molecule has 0 aliphatic heterocycles. The van der Waals surface area contributed by atoms with Gasteiger partial charge in [0.05, 0.1) is 0 Å². The number of ether oxygens (including phenoxy) is 2. The Morgan fingerprint density at radius 1 is 1.08 bits per heavy atom. The highest BCUT2D eigenvalue weighted by Crippen LogP contribution is 1.78. The van der Waals surface area contributed by atoms with Gasteiger partial charge in [-0.05, 0) is 12.8 Å². The van der Waals surface area contributed by atoms with Crippen molar-refractivity contribution < 1.29 is 9.47 Å². The van der Waals surface area contributed by atoms with Gasteiger partial charge in [0.25, 0.3) is 0 Å². The van der Waals surface area contributed by atoms with Crippen molar-refractivity contribution in [2.24, 2.45) is 0 Å². The van der Waals surface area contributed by atoms with Crippen LogP contribution in [0.5, 0.6) is 0 Å². The molecule has 0 amide bonds. The average molecular weight is 175 g/mol. The third kappa shape index (κ3) is 9.84. The van der Waals surface area contributed by atoms with Crippen LogP contribution >= 0.6 is 0 Å². The highest BCUT2D eigenvalue weighted by Gasteiger charge is 1.88. The standard InChI is InChI=1S/C8H19N2O2/c1-11-7-3-5-9-10-6-4-8-12-2/h9H,3-8H2,1-2H3. The predicted molar refractivity (Wildman–Crippen MR) is 48.0 cm³/mol. The number of nitrogens with zero attached hydrogens (tertiary/aromatic N) is 1. The van der Waals surface area contributed by atoms with Gasteiger partial charge in [-0.15, -0.1) is 0 Å². The van der Waals surface area contributed by atoms with E-state index in [4.69, 9.17) is 9.47 Å². The van der Waals surface area contributed by atoms with Crippen LogP contribution in [0.1, 0.15) is 12.8 Å². The zero-order chi connectivity index (χ0) is 9.07. The van der Waals surface area contributed by atoms with Crippen LogP contribution < -0.4 is 10.9 Å². The van der Waals surface area contributed by atoms with Gasteiger partial charge in [-0.25, -0.2) is 5.43 Å². The maximum absolute atomic E-state index is 4.89. The monoisotopic (exact) mass is 175 g/mol. The summed E-state index contributed by atoms with van der Waals surface area (Å²) in [5.41, 5.74) is 7.06. The van der Waals surface area contributed by atoms with Gasteiger partial charge in [0.1, 0.15) is 0 Å². The second kappa shape index (κ2) is 10.8. The molecule has 12 heavy (non-hydrogen) atoms. The van der Waals surface area contributed by atoms with Gasteiger partial charge in [0.2, 0.25) is 0 Å². The van der Waals surface area contributed by atoms with Gasteiger partial charge in [0.15, 0.2) is 0 Å². The molecular formula is C8H19N2O2. The lowest BCUT2D eigenvalue weighted by Gasteiger charge is -2.03. The molecule has 0 aromatic carbocycles. The van der Waals surface area contributed by atoms with Crippen molar-refractivity contribution in [1.29, 1.82) is 0 Å². The first-order valence-corrected chi connectivity index (χ1v) is 4.29. The minimum atomic E-state index is 0.781. The fourth-order valence-corrected chi connectivity index (χ4v) is 0.742. The van der Waals surface area contributed by atoms with Gasteiger partial charge in [-0.3, -0.25) is 0 Å². The van der Waals surface area contributed by atoms with E-state index < -0.39 is 0 Å². The van der Waals surface area contributed by atoms with Crippen molar-refractivity contribution in [3.63, 3.8) is 0 Å². The van der Waals surface area contributed by atoms with E-state index in [9.17, 15) is 0 Å². The molecule has 0 unspecified atom stereocenters. The van der Waals surface area contributed by atoms with E-state index in [2.05, 4.69) is 10.9 Å². The number of nitrogens with one attached hydrogen (secondary N) is 1. The molecule has 0 spiro atoms. The molecule has 0 heterocycles. The Bertz CT molecular complexity index is 71.5. The maximum atomic E-state index is 4.89. The Balaban J connectivity index is 2.73. The van der Waals surface area contributed by atoms with Crippen molar-refractivity contribution >= 4 is 0 Å². The average Bonchev–Trinajstić information content (AvgIpc) is 2.10. The van der Waals surface area contributed by atoms with Crippen LogP contribution in [0.3, 0.4) is 0 Å². The largest absolute Gasteiger partial charge is 0.385 e. The molecule has 0 atom stereocenters. The molecule has 0 aliphatic carbocycles. The van der Waals surface area contributed by atoms with E-state index in [0.717, 1.165) is 39.1 Å². The van der Waals surface area contributed by atoms with Gasteiger partial charge in [0, 0.05) is 40.5 Å². The van der Waals surface area contributed by atoms with Crippen LogP contribution in [0.4, 0.5) is 0 Å². The van der Waals surface area contributed by atoms with E-state index >= 15 is 0 Å². The smallest absolute Gasteiger partial charge is 0.0475 e. The quantitative estimate of drug-likeness (QED) is 0.401. The normalized spacial score (nSPS) is 10.5. The van der Waals surface area contributed by atoms with E-state index in [0.29, 0.717) is 0 Å². The van der Waals surface area contributed by atoms with Crippen LogP contribution in [0.25, 0.3) is 0 Å². The first-order valence-electron chi connectivity index (χ1n) is 4.29. The minimum absolute atomic E-state index is 0.781. The lowest BCUT2D eigenvalue weighted by molar-refractivity contribution is 0.187. The molecule has 0 aromatic heterocycles. The Hall–Kier alpha value is -0.160. The zero-order valence-corrected chi connectivity index (χ0v) is 8.01. The van der Waals surface area contributed by atoms with E-state index in [-0.39, 0.29) is 0 Å². The fraction of sp³-hybridized carbons (Fsp3) is 1.00. The highest BCUT2D eigenvalue weighted by atomic mass is 16.5. The Morgan fingerprint density at radius 3 is 2.42 bits per heavy atom.